The number of aromatic amines is 1. The number of likely N-dealkylation sites (tertiary alicyclic amines) is 1. The topological polar surface area (TPSA) is 258 Å². The van der Waals surface area contributed by atoms with Gasteiger partial charge in [-0.05, 0) is 32.8 Å². The number of alkyl halides is 1. The Labute approximate surface area is 291 Å². The fraction of sp³-hybridized carbons (Fsp3) is 0.484. The van der Waals surface area contributed by atoms with Crippen LogP contribution in [0, 0.1) is 0 Å². The van der Waals surface area contributed by atoms with Crippen LogP contribution in [0.25, 0.3) is 0 Å². The summed E-state index contributed by atoms with van der Waals surface area (Å²) in [5.41, 5.74) is 6.48. The van der Waals surface area contributed by atoms with Gasteiger partial charge < -0.3 is 47.3 Å². The number of hydrogen-bond donors (Lipinski definition) is 8. The number of aliphatic hydroxyl groups is 1. The number of nitrogens with zero attached hydrogens (tertiary/aromatic N) is 2. The van der Waals surface area contributed by atoms with Crippen LogP contribution in [0.15, 0.2) is 42.9 Å². The van der Waals surface area contributed by atoms with Gasteiger partial charge in [-0.1, -0.05) is 46.3 Å². The number of amides is 7. The number of imidazole rings is 1. The first-order valence-corrected chi connectivity index (χ1v) is 16.7. The summed E-state index contributed by atoms with van der Waals surface area (Å²) in [6.45, 7) is 3.78. The van der Waals surface area contributed by atoms with Gasteiger partial charge in [0.2, 0.25) is 41.4 Å². The molecule has 49 heavy (non-hydrogen) atoms. The summed E-state index contributed by atoms with van der Waals surface area (Å²) >= 11 is 3.03. The van der Waals surface area contributed by atoms with E-state index in [9.17, 15) is 38.7 Å². The van der Waals surface area contributed by atoms with E-state index in [4.69, 9.17) is 5.73 Å². The molecule has 3 rings (SSSR count). The second kappa shape index (κ2) is 18.1. The number of nitrogens with one attached hydrogen (secondary N) is 6. The molecule has 1 aliphatic rings. The van der Waals surface area contributed by atoms with Crippen molar-refractivity contribution in [1.29, 1.82) is 0 Å². The van der Waals surface area contributed by atoms with Crippen molar-refractivity contribution in [1.82, 2.24) is 41.5 Å². The standard InChI is InChI=1S/C31H42BrN9O8/c1-16-9-23(39-24(43)12-32)31(49)41(16)26(18(3)42)30(48)35-14-25(44)38-21(10-19-7-5-4-6-8-19)29(47)40-22(11-20-13-34-15-36-20)28(46)37-17(2)27(33)45/h4-8,13,15-18,21-23,26,42H,9-12,14H2,1-3H3,(H2,33,45)(H,34,36)(H,35,48)(H,37,46)(H,38,44)(H,39,43)(H,40,47)/t16?,17-,18+,21-,22-,23-,26-/m0/s1. The van der Waals surface area contributed by atoms with E-state index in [0.29, 0.717) is 11.3 Å². The SMILES string of the molecule is CC1C[C@H](NC(=O)CBr)C(=O)N1[C@H](C(=O)NCC(=O)N[C@@H](Cc1ccccc1)C(=O)N[C@@H](Cc1cnc[nH]1)C(=O)N[C@@H](C)C(N)=O)[C@@H](C)O. The minimum Gasteiger partial charge on any atom is -0.391 e. The highest BCUT2D eigenvalue weighted by Crippen LogP contribution is 2.24. The van der Waals surface area contributed by atoms with Crippen LogP contribution in [0.5, 0.6) is 0 Å². The van der Waals surface area contributed by atoms with Crippen LogP contribution in [0.2, 0.25) is 0 Å². The largest absolute Gasteiger partial charge is 0.391 e. The molecule has 1 fully saturated rings. The molecule has 1 aromatic heterocycles. The number of benzene rings is 1. The number of aliphatic hydroxyl groups excluding tert-OH is 1. The molecule has 7 atom stereocenters. The number of nitrogens with two attached hydrogens (primary N) is 1. The van der Waals surface area contributed by atoms with Gasteiger partial charge in [-0.25, -0.2) is 4.98 Å². The molecule has 7 amide bonds. The van der Waals surface area contributed by atoms with Gasteiger partial charge >= 0.3 is 0 Å². The Bertz CT molecular complexity index is 1490. The fourth-order valence-corrected chi connectivity index (χ4v) is 5.52. The number of halogens is 1. The van der Waals surface area contributed by atoms with Gasteiger partial charge in [-0.3, -0.25) is 33.6 Å². The highest BCUT2D eigenvalue weighted by Gasteiger charge is 2.45. The monoisotopic (exact) mass is 747 g/mol. The number of aromatic nitrogens is 2. The van der Waals surface area contributed by atoms with Gasteiger partial charge in [0.15, 0.2) is 0 Å². The van der Waals surface area contributed by atoms with E-state index in [1.165, 1.54) is 31.3 Å². The zero-order chi connectivity index (χ0) is 36.2. The predicted octanol–water partition coefficient (Wildman–Crippen LogP) is -2.48. The zero-order valence-corrected chi connectivity index (χ0v) is 28.9. The van der Waals surface area contributed by atoms with Crippen LogP contribution in [0.4, 0.5) is 0 Å². The minimum absolute atomic E-state index is 0.0139. The highest BCUT2D eigenvalue weighted by molar-refractivity contribution is 9.09. The van der Waals surface area contributed by atoms with E-state index in [2.05, 4.69) is 52.5 Å². The Kier molecular flexibility index (Phi) is 14.2. The molecule has 1 saturated heterocycles. The zero-order valence-electron chi connectivity index (χ0n) is 27.3. The van der Waals surface area contributed by atoms with Crippen molar-refractivity contribution < 1.29 is 38.7 Å². The van der Waals surface area contributed by atoms with E-state index in [1.54, 1.807) is 37.3 Å². The van der Waals surface area contributed by atoms with E-state index in [0.717, 1.165) is 0 Å². The molecular weight excluding hydrogens is 706 g/mol. The lowest BCUT2D eigenvalue weighted by Crippen LogP contribution is -2.59. The molecule has 1 aromatic carbocycles. The molecule has 0 spiro atoms. The Hall–Kier alpha value is -4.84. The van der Waals surface area contributed by atoms with Crippen molar-refractivity contribution >= 4 is 57.3 Å². The average molecular weight is 749 g/mol. The Morgan fingerprint density at radius 1 is 1.00 bits per heavy atom. The molecular formula is C31H42BrN9O8. The Balaban J connectivity index is 1.73. The normalized spacial score (nSPS) is 18.7. The first-order chi connectivity index (χ1) is 23.2. The van der Waals surface area contributed by atoms with Gasteiger partial charge in [0, 0.05) is 30.8 Å². The maximum absolute atomic E-state index is 13.6. The number of carbonyl (C=O) groups excluding carboxylic acids is 7. The van der Waals surface area contributed by atoms with E-state index in [-0.39, 0.29) is 24.6 Å². The Morgan fingerprint density at radius 3 is 2.24 bits per heavy atom. The van der Waals surface area contributed by atoms with E-state index < -0.39 is 90.3 Å². The molecule has 18 heteroatoms. The fourth-order valence-electron chi connectivity index (χ4n) is 5.35. The second-order valence-corrected chi connectivity index (χ2v) is 12.3. The Morgan fingerprint density at radius 2 is 1.65 bits per heavy atom. The van der Waals surface area contributed by atoms with Crippen molar-refractivity contribution in [3.05, 3.63) is 54.1 Å². The lowest BCUT2D eigenvalue weighted by molar-refractivity contribution is -0.144. The van der Waals surface area contributed by atoms with Crippen molar-refractivity contribution in [3.8, 4) is 0 Å². The first-order valence-electron chi connectivity index (χ1n) is 15.6. The third-order valence-corrected chi connectivity index (χ3v) is 8.35. The van der Waals surface area contributed by atoms with Crippen molar-refractivity contribution in [2.24, 2.45) is 5.73 Å². The molecule has 1 unspecified atom stereocenters. The lowest BCUT2D eigenvalue weighted by Gasteiger charge is -2.32. The van der Waals surface area contributed by atoms with Gasteiger partial charge in [0.1, 0.15) is 30.2 Å². The van der Waals surface area contributed by atoms with Crippen molar-refractivity contribution in [2.45, 2.75) is 82.4 Å². The van der Waals surface area contributed by atoms with Gasteiger partial charge in [0.05, 0.1) is 24.3 Å². The minimum atomic E-state index is -1.37. The number of H-pyrrole nitrogens is 1. The summed E-state index contributed by atoms with van der Waals surface area (Å²) in [5.74, 6) is -4.76. The van der Waals surface area contributed by atoms with E-state index >= 15 is 0 Å². The molecule has 2 aromatic rings. The third kappa shape index (κ3) is 11.1. The number of rotatable bonds is 17. The molecule has 9 N–H and O–H groups in total. The molecule has 0 saturated carbocycles. The smallest absolute Gasteiger partial charge is 0.246 e. The summed E-state index contributed by atoms with van der Waals surface area (Å²) < 4.78 is 0. The predicted molar refractivity (Wildman–Crippen MR) is 178 cm³/mol. The lowest BCUT2D eigenvalue weighted by atomic mass is 10.0. The molecule has 0 bridgehead atoms. The van der Waals surface area contributed by atoms with Crippen molar-refractivity contribution in [3.63, 3.8) is 0 Å². The average Bonchev–Trinajstić information content (AvgIpc) is 3.66. The van der Waals surface area contributed by atoms with Crippen LogP contribution in [-0.2, 0) is 46.4 Å². The molecule has 1 aliphatic heterocycles. The molecule has 266 valence electrons. The molecule has 2 heterocycles. The number of carbonyl (C=O) groups is 7. The summed E-state index contributed by atoms with van der Waals surface area (Å²) in [4.78, 5) is 97.6. The van der Waals surface area contributed by atoms with Gasteiger partial charge in [-0.15, -0.1) is 0 Å². The molecule has 0 radical (unpaired) electrons. The van der Waals surface area contributed by atoms with Gasteiger partial charge in [0.25, 0.3) is 0 Å². The summed E-state index contributed by atoms with van der Waals surface area (Å²) in [6.07, 6.45) is 1.73. The maximum Gasteiger partial charge on any atom is 0.246 e. The molecule has 0 aliphatic carbocycles. The highest BCUT2D eigenvalue weighted by atomic mass is 79.9. The molecule has 17 nitrogen and oxygen atoms in total. The summed E-state index contributed by atoms with van der Waals surface area (Å²) in [6, 6.07) is 2.56. The number of hydrogen-bond acceptors (Lipinski definition) is 9. The van der Waals surface area contributed by atoms with Crippen LogP contribution in [0.3, 0.4) is 0 Å². The number of primary amides is 1. The maximum atomic E-state index is 13.6. The first kappa shape index (κ1) is 38.6. The quantitative estimate of drug-likeness (QED) is 0.0796. The van der Waals surface area contributed by atoms with Crippen LogP contribution in [0.1, 0.15) is 38.4 Å². The second-order valence-electron chi connectivity index (χ2n) is 11.8. The van der Waals surface area contributed by atoms with Crippen LogP contribution < -0.4 is 32.3 Å². The van der Waals surface area contributed by atoms with Crippen molar-refractivity contribution in [2.75, 3.05) is 11.9 Å². The van der Waals surface area contributed by atoms with E-state index in [1.807, 2.05) is 0 Å². The third-order valence-electron chi connectivity index (χ3n) is 7.84. The van der Waals surface area contributed by atoms with Gasteiger partial charge in [-0.2, -0.15) is 0 Å². The van der Waals surface area contributed by atoms with Crippen LogP contribution in [-0.4, -0.2) is 116 Å². The summed E-state index contributed by atoms with van der Waals surface area (Å²) in [5, 5.41) is 23.1. The van der Waals surface area contributed by atoms with Crippen LogP contribution >= 0.6 is 15.9 Å². The summed E-state index contributed by atoms with van der Waals surface area (Å²) in [7, 11) is 0.